The third kappa shape index (κ3) is 3.15. The van der Waals surface area contributed by atoms with E-state index in [0.717, 1.165) is 12.8 Å². The second-order valence-corrected chi connectivity index (χ2v) is 7.54. The van der Waals surface area contributed by atoms with Crippen molar-refractivity contribution in [2.24, 2.45) is 11.3 Å². The number of benzene rings is 1. The van der Waals surface area contributed by atoms with E-state index in [1.165, 1.54) is 5.56 Å². The molecule has 3 heteroatoms. The number of rotatable bonds is 5. The molecular formula is C18H26O3. The van der Waals surface area contributed by atoms with Crippen molar-refractivity contribution >= 4 is 0 Å². The minimum atomic E-state index is -0.224. The number of hydrogen-bond acceptors (Lipinski definition) is 3. The molecule has 0 unspecified atom stereocenters. The summed E-state index contributed by atoms with van der Waals surface area (Å²) in [5, 5.41) is 10.2. The lowest BCUT2D eigenvalue weighted by atomic mass is 10.0. The Morgan fingerprint density at radius 2 is 1.95 bits per heavy atom. The molecule has 2 aliphatic carbocycles. The zero-order chi connectivity index (χ0) is 15.1. The molecule has 1 aromatic rings. The number of hydrogen-bond donors (Lipinski definition) is 1. The van der Waals surface area contributed by atoms with Crippen LogP contribution in [0.1, 0.15) is 39.2 Å². The summed E-state index contributed by atoms with van der Waals surface area (Å²) in [5.41, 5.74) is 1.06. The van der Waals surface area contributed by atoms with Gasteiger partial charge in [-0.05, 0) is 38.7 Å². The Kier molecular flexibility index (Phi) is 3.85. The summed E-state index contributed by atoms with van der Waals surface area (Å²) in [6.45, 7) is 7.55. The second kappa shape index (κ2) is 5.38. The van der Waals surface area contributed by atoms with E-state index < -0.39 is 0 Å². The molecule has 0 heterocycles. The first-order valence-electron chi connectivity index (χ1n) is 7.88. The van der Waals surface area contributed by atoms with Crippen LogP contribution in [0.15, 0.2) is 30.3 Å². The van der Waals surface area contributed by atoms with E-state index in [0.29, 0.717) is 19.1 Å². The van der Waals surface area contributed by atoms with Crippen LogP contribution in [0.5, 0.6) is 0 Å². The van der Waals surface area contributed by atoms with Crippen LogP contribution >= 0.6 is 0 Å². The molecule has 4 atom stereocenters. The first-order valence-corrected chi connectivity index (χ1v) is 7.88. The summed E-state index contributed by atoms with van der Waals surface area (Å²) in [7, 11) is 0. The molecule has 0 bridgehead atoms. The first kappa shape index (κ1) is 15.0. The van der Waals surface area contributed by atoms with Crippen LogP contribution in [0.3, 0.4) is 0 Å². The van der Waals surface area contributed by atoms with Gasteiger partial charge < -0.3 is 14.6 Å². The van der Waals surface area contributed by atoms with Gasteiger partial charge in [0.05, 0.1) is 31.0 Å². The molecule has 3 rings (SSSR count). The summed E-state index contributed by atoms with van der Waals surface area (Å²) < 4.78 is 12.1. The lowest BCUT2D eigenvalue weighted by molar-refractivity contribution is -0.105. The molecule has 1 aromatic carbocycles. The maximum absolute atomic E-state index is 10.2. The van der Waals surface area contributed by atoms with Gasteiger partial charge in [-0.2, -0.15) is 0 Å². The van der Waals surface area contributed by atoms with Gasteiger partial charge in [-0.15, -0.1) is 0 Å². The molecule has 2 aliphatic rings. The second-order valence-electron chi connectivity index (χ2n) is 7.54. The zero-order valence-corrected chi connectivity index (χ0v) is 13.2. The first-order chi connectivity index (χ1) is 9.91. The standard InChI is InChI=1S/C18H26O3/c1-17(2,3)21-16-9-15(19)14-10-18(14,16)12-20-11-13-7-5-4-6-8-13/h4-8,14-16,19H,9-12H2,1-3H3/t14-,15-,16+,18+/m1/s1. The van der Waals surface area contributed by atoms with Crippen LogP contribution in [-0.2, 0) is 16.1 Å². The van der Waals surface area contributed by atoms with Gasteiger partial charge >= 0.3 is 0 Å². The normalized spacial score (nSPS) is 34.8. The summed E-state index contributed by atoms with van der Waals surface area (Å²) in [4.78, 5) is 0. The highest BCUT2D eigenvalue weighted by Crippen LogP contribution is 2.65. The molecular weight excluding hydrogens is 264 g/mol. The SMILES string of the molecule is CC(C)(C)O[C@H]1C[C@@H](O)[C@H]2C[C@@]12COCc1ccccc1. The van der Waals surface area contributed by atoms with Crippen LogP contribution in [0.25, 0.3) is 0 Å². The fourth-order valence-electron chi connectivity index (χ4n) is 3.64. The Morgan fingerprint density at radius 3 is 2.57 bits per heavy atom. The van der Waals surface area contributed by atoms with Crippen LogP contribution < -0.4 is 0 Å². The molecule has 116 valence electrons. The smallest absolute Gasteiger partial charge is 0.0717 e. The number of aliphatic hydroxyl groups excluding tert-OH is 1. The highest BCUT2D eigenvalue weighted by Gasteiger charge is 2.68. The van der Waals surface area contributed by atoms with Gasteiger partial charge in [0, 0.05) is 11.8 Å². The van der Waals surface area contributed by atoms with Crippen molar-refractivity contribution in [3.05, 3.63) is 35.9 Å². The van der Waals surface area contributed by atoms with Crippen LogP contribution in [-0.4, -0.2) is 29.5 Å². The van der Waals surface area contributed by atoms with Gasteiger partial charge in [0.1, 0.15) is 0 Å². The molecule has 0 radical (unpaired) electrons. The van der Waals surface area contributed by atoms with Crippen molar-refractivity contribution in [3.8, 4) is 0 Å². The van der Waals surface area contributed by atoms with E-state index in [4.69, 9.17) is 9.47 Å². The molecule has 2 fully saturated rings. The zero-order valence-electron chi connectivity index (χ0n) is 13.2. The molecule has 0 aliphatic heterocycles. The predicted octanol–water partition coefficient (Wildman–Crippen LogP) is 3.16. The van der Waals surface area contributed by atoms with Crippen molar-refractivity contribution in [3.63, 3.8) is 0 Å². The Hall–Kier alpha value is -0.900. The van der Waals surface area contributed by atoms with E-state index in [1.807, 2.05) is 18.2 Å². The van der Waals surface area contributed by atoms with Crippen molar-refractivity contribution in [1.82, 2.24) is 0 Å². The third-order valence-electron chi connectivity index (χ3n) is 4.72. The average molecular weight is 290 g/mol. The minimum Gasteiger partial charge on any atom is -0.393 e. The van der Waals surface area contributed by atoms with E-state index in [-0.39, 0.29) is 23.2 Å². The highest BCUT2D eigenvalue weighted by atomic mass is 16.5. The summed E-state index contributed by atoms with van der Waals surface area (Å²) in [6.07, 6.45) is 1.67. The third-order valence-corrected chi connectivity index (χ3v) is 4.72. The van der Waals surface area contributed by atoms with Crippen LogP contribution in [0, 0.1) is 11.3 Å². The maximum Gasteiger partial charge on any atom is 0.0717 e. The summed E-state index contributed by atoms with van der Waals surface area (Å²) >= 11 is 0. The van der Waals surface area contributed by atoms with Crippen molar-refractivity contribution in [2.45, 2.75) is 58.0 Å². The number of aliphatic hydroxyl groups is 1. The van der Waals surface area contributed by atoms with Gasteiger partial charge in [-0.25, -0.2) is 0 Å². The molecule has 21 heavy (non-hydrogen) atoms. The molecule has 2 saturated carbocycles. The number of fused-ring (bicyclic) bond motifs is 1. The van der Waals surface area contributed by atoms with Crippen LogP contribution in [0.2, 0.25) is 0 Å². The predicted molar refractivity (Wildman–Crippen MR) is 81.9 cm³/mol. The summed E-state index contributed by atoms with van der Waals surface area (Å²) in [5.74, 6) is 0.362. The van der Waals surface area contributed by atoms with Gasteiger partial charge in [0.15, 0.2) is 0 Å². The van der Waals surface area contributed by atoms with Crippen LogP contribution in [0.4, 0.5) is 0 Å². The molecule has 0 amide bonds. The minimum absolute atomic E-state index is 0.0431. The van der Waals surface area contributed by atoms with Gasteiger partial charge in [0.2, 0.25) is 0 Å². The van der Waals surface area contributed by atoms with Gasteiger partial charge in [0.25, 0.3) is 0 Å². The van der Waals surface area contributed by atoms with Crippen molar-refractivity contribution < 1.29 is 14.6 Å². The average Bonchev–Trinajstić information content (AvgIpc) is 3.08. The van der Waals surface area contributed by atoms with E-state index >= 15 is 0 Å². The summed E-state index contributed by atoms with van der Waals surface area (Å²) in [6, 6.07) is 10.2. The topological polar surface area (TPSA) is 38.7 Å². The number of ether oxygens (including phenoxy) is 2. The fourth-order valence-corrected chi connectivity index (χ4v) is 3.64. The Morgan fingerprint density at radius 1 is 1.24 bits per heavy atom. The molecule has 0 aromatic heterocycles. The molecule has 1 N–H and O–H groups in total. The quantitative estimate of drug-likeness (QED) is 0.905. The Balaban J connectivity index is 1.58. The van der Waals surface area contributed by atoms with Crippen molar-refractivity contribution in [2.75, 3.05) is 6.61 Å². The van der Waals surface area contributed by atoms with Gasteiger partial charge in [-0.1, -0.05) is 30.3 Å². The Bertz CT molecular complexity index is 479. The van der Waals surface area contributed by atoms with E-state index in [2.05, 4.69) is 32.9 Å². The lowest BCUT2D eigenvalue weighted by Gasteiger charge is -2.31. The molecule has 0 saturated heterocycles. The Labute approximate surface area is 127 Å². The van der Waals surface area contributed by atoms with E-state index in [9.17, 15) is 5.11 Å². The lowest BCUT2D eigenvalue weighted by Crippen LogP contribution is -2.35. The molecule has 0 spiro atoms. The van der Waals surface area contributed by atoms with Crippen molar-refractivity contribution in [1.29, 1.82) is 0 Å². The van der Waals surface area contributed by atoms with Gasteiger partial charge in [-0.3, -0.25) is 0 Å². The maximum atomic E-state index is 10.2. The largest absolute Gasteiger partial charge is 0.393 e. The monoisotopic (exact) mass is 290 g/mol. The molecule has 3 nitrogen and oxygen atoms in total. The fraction of sp³-hybridized carbons (Fsp3) is 0.667. The van der Waals surface area contributed by atoms with E-state index in [1.54, 1.807) is 0 Å². The highest BCUT2D eigenvalue weighted by molar-refractivity contribution is 5.17.